The second-order valence-electron chi connectivity index (χ2n) is 5.76. The highest BCUT2D eigenvalue weighted by Crippen LogP contribution is 2.28. The molecule has 0 spiro atoms. The van der Waals surface area contributed by atoms with Gasteiger partial charge in [0.1, 0.15) is 0 Å². The number of piperazine rings is 1. The van der Waals surface area contributed by atoms with Crippen LogP contribution in [0, 0.1) is 0 Å². The van der Waals surface area contributed by atoms with E-state index in [-0.39, 0.29) is 18.5 Å². The predicted molar refractivity (Wildman–Crippen MR) is 87.9 cm³/mol. The van der Waals surface area contributed by atoms with E-state index >= 15 is 0 Å². The quantitative estimate of drug-likeness (QED) is 0.677. The number of aromatic nitrogens is 1. The van der Waals surface area contributed by atoms with Crippen LogP contribution in [0.2, 0.25) is 0 Å². The van der Waals surface area contributed by atoms with Gasteiger partial charge in [0.15, 0.2) is 5.13 Å². The molecule has 0 radical (unpaired) electrons. The number of carbonyl (C=O) groups excluding carboxylic acids is 1. The number of amides is 2. The monoisotopic (exact) mass is 410 g/mol. The highest BCUT2D eigenvalue weighted by molar-refractivity contribution is 7.14. The Balaban J connectivity index is 0.000000321. The highest BCUT2D eigenvalue weighted by atomic mass is 32.1. The fourth-order valence-corrected chi connectivity index (χ4v) is 3.41. The fourth-order valence-electron chi connectivity index (χ4n) is 2.55. The molecule has 2 amide bonds. The van der Waals surface area contributed by atoms with Gasteiger partial charge < -0.3 is 20.4 Å². The predicted octanol–water partition coefficient (Wildman–Crippen LogP) is 1.01. The topological polar surface area (TPSA) is 123 Å². The van der Waals surface area contributed by atoms with Gasteiger partial charge in [-0.25, -0.2) is 14.6 Å². The highest BCUT2D eigenvalue weighted by Gasteiger charge is 2.40. The first kappa shape index (κ1) is 20.9. The van der Waals surface area contributed by atoms with Crippen molar-refractivity contribution in [1.29, 1.82) is 0 Å². The van der Waals surface area contributed by atoms with Crippen LogP contribution in [0.5, 0.6) is 0 Å². The van der Waals surface area contributed by atoms with Gasteiger partial charge in [-0.2, -0.15) is 13.2 Å². The van der Waals surface area contributed by atoms with Crippen molar-refractivity contribution in [3.8, 4) is 0 Å². The third kappa shape index (κ3) is 5.53. The number of rotatable bonds is 4. The molecule has 1 atom stereocenters. The molecule has 9 nitrogen and oxygen atoms in total. The number of fused-ring (bicyclic) bond motifs is 1. The number of urea groups is 1. The zero-order valence-corrected chi connectivity index (χ0v) is 14.7. The number of aryl methyl sites for hydroxylation is 1. The lowest BCUT2D eigenvalue weighted by atomic mass is 10.2. The third-order valence-corrected chi connectivity index (χ3v) is 4.74. The molecule has 2 aliphatic heterocycles. The summed E-state index contributed by atoms with van der Waals surface area (Å²) in [6.45, 7) is 3.03. The summed E-state index contributed by atoms with van der Waals surface area (Å²) in [5.74, 6) is -3.59. The Morgan fingerprint density at radius 3 is 2.59 bits per heavy atom. The number of nitrogens with one attached hydrogen (secondary N) is 1. The van der Waals surface area contributed by atoms with Gasteiger partial charge in [-0.05, 0) is 0 Å². The van der Waals surface area contributed by atoms with Crippen molar-refractivity contribution in [3.63, 3.8) is 0 Å². The van der Waals surface area contributed by atoms with E-state index < -0.39 is 18.1 Å². The molecule has 13 heteroatoms. The molecule has 27 heavy (non-hydrogen) atoms. The van der Waals surface area contributed by atoms with Crippen molar-refractivity contribution in [2.24, 2.45) is 0 Å². The third-order valence-electron chi connectivity index (χ3n) is 3.83. The summed E-state index contributed by atoms with van der Waals surface area (Å²) in [5, 5.41) is 21.6. The van der Waals surface area contributed by atoms with Gasteiger partial charge in [0.2, 0.25) is 0 Å². The molecule has 0 unspecified atom stereocenters. The molecular formula is C14H17F3N4O5S. The lowest BCUT2D eigenvalue weighted by Gasteiger charge is -2.28. The van der Waals surface area contributed by atoms with E-state index in [0.29, 0.717) is 18.1 Å². The van der Waals surface area contributed by atoms with Crippen LogP contribution in [-0.2, 0) is 16.0 Å². The number of anilines is 1. The average molecular weight is 410 g/mol. The van der Waals surface area contributed by atoms with Crippen molar-refractivity contribution in [2.45, 2.75) is 25.1 Å². The van der Waals surface area contributed by atoms with Crippen LogP contribution in [-0.4, -0.2) is 76.5 Å². The fraction of sp³-hybridized carbons (Fsp3) is 0.571. The summed E-state index contributed by atoms with van der Waals surface area (Å²) in [6.07, 6.45) is -4.61. The maximum Gasteiger partial charge on any atom is 0.490 e. The van der Waals surface area contributed by atoms with Gasteiger partial charge in [-0.3, -0.25) is 9.69 Å². The van der Waals surface area contributed by atoms with Crippen LogP contribution >= 0.6 is 11.3 Å². The van der Waals surface area contributed by atoms with Crippen LogP contribution in [0.15, 0.2) is 5.38 Å². The van der Waals surface area contributed by atoms with Crippen molar-refractivity contribution in [2.75, 3.05) is 31.1 Å². The van der Waals surface area contributed by atoms with Crippen LogP contribution in [0.25, 0.3) is 0 Å². The number of hydrogen-bond acceptors (Lipinski definition) is 6. The van der Waals surface area contributed by atoms with Crippen molar-refractivity contribution in [1.82, 2.24) is 15.2 Å². The van der Waals surface area contributed by atoms with Crippen LogP contribution < -0.4 is 10.2 Å². The van der Waals surface area contributed by atoms with Crippen molar-refractivity contribution < 1.29 is 37.8 Å². The summed E-state index contributed by atoms with van der Waals surface area (Å²) in [7, 11) is 0. The van der Waals surface area contributed by atoms with Gasteiger partial charge in [-0.1, -0.05) is 0 Å². The maximum absolute atomic E-state index is 12.3. The number of nitrogens with zero attached hydrogens (tertiary/aromatic N) is 3. The number of alkyl halides is 3. The van der Waals surface area contributed by atoms with E-state index in [0.717, 1.165) is 25.3 Å². The first-order valence-electron chi connectivity index (χ1n) is 7.84. The molecule has 1 aromatic heterocycles. The number of halogens is 3. The summed E-state index contributed by atoms with van der Waals surface area (Å²) >= 11 is 1.40. The Bertz CT molecular complexity index is 711. The number of carboxylic acids is 2. The molecule has 3 heterocycles. The maximum atomic E-state index is 12.3. The Kier molecular flexibility index (Phi) is 6.59. The molecule has 1 aromatic rings. The second kappa shape index (κ2) is 8.52. The Labute approximate surface area is 155 Å². The van der Waals surface area contributed by atoms with Gasteiger partial charge >= 0.3 is 24.1 Å². The normalized spacial score (nSPS) is 19.4. The largest absolute Gasteiger partial charge is 0.490 e. The zero-order chi connectivity index (χ0) is 20.2. The molecule has 0 saturated carbocycles. The Morgan fingerprint density at radius 2 is 2.04 bits per heavy atom. The summed E-state index contributed by atoms with van der Waals surface area (Å²) in [6, 6.07) is 0.221. The molecule has 2 saturated heterocycles. The summed E-state index contributed by atoms with van der Waals surface area (Å²) in [4.78, 5) is 39.7. The lowest BCUT2D eigenvalue weighted by molar-refractivity contribution is -0.192. The van der Waals surface area contributed by atoms with E-state index in [1.807, 2.05) is 10.3 Å². The van der Waals surface area contributed by atoms with Crippen LogP contribution in [0.3, 0.4) is 0 Å². The molecule has 3 N–H and O–H groups in total. The summed E-state index contributed by atoms with van der Waals surface area (Å²) < 4.78 is 31.7. The Hall–Kier alpha value is -2.41. The SMILES string of the molecule is O=C(O)C(F)(F)F.O=C(O)CCc1csc(N2C[C@@H]3CNCCN3C2=O)n1. The minimum absolute atomic E-state index is 0.00985. The van der Waals surface area contributed by atoms with Gasteiger partial charge in [0, 0.05) is 31.4 Å². The standard InChI is InChI=1S/C12H16N4O3S.C2HF3O2/c17-10(18)2-1-8-7-20-11(14-8)16-6-9-5-13-3-4-15(9)12(16)19;3-2(4,5)1(6)7/h7,9,13H,1-6H2,(H,17,18);(H,6,7)/t9-;/m0./s1. The molecule has 0 aliphatic carbocycles. The van der Waals surface area contributed by atoms with E-state index in [4.69, 9.17) is 15.0 Å². The molecule has 150 valence electrons. The van der Waals surface area contributed by atoms with Crippen LogP contribution in [0.4, 0.5) is 23.1 Å². The first-order valence-corrected chi connectivity index (χ1v) is 8.72. The number of thiazole rings is 1. The van der Waals surface area contributed by atoms with Gasteiger partial charge in [0.25, 0.3) is 0 Å². The second-order valence-corrected chi connectivity index (χ2v) is 6.60. The molecule has 0 aromatic carbocycles. The van der Waals surface area contributed by atoms with Crippen molar-refractivity contribution >= 4 is 34.4 Å². The number of aliphatic carboxylic acids is 2. The summed E-state index contributed by atoms with van der Waals surface area (Å²) in [5.41, 5.74) is 0.739. The molecular weight excluding hydrogens is 393 g/mol. The van der Waals surface area contributed by atoms with Gasteiger partial charge in [-0.15, -0.1) is 11.3 Å². The van der Waals surface area contributed by atoms with Crippen molar-refractivity contribution in [3.05, 3.63) is 11.1 Å². The van der Waals surface area contributed by atoms with E-state index in [2.05, 4.69) is 10.3 Å². The molecule has 3 rings (SSSR count). The number of carbonyl (C=O) groups is 3. The van der Waals surface area contributed by atoms with Gasteiger partial charge in [0.05, 0.1) is 24.7 Å². The molecule has 2 fully saturated rings. The lowest BCUT2D eigenvalue weighted by Crippen LogP contribution is -2.49. The minimum atomic E-state index is -5.08. The molecule has 2 aliphatic rings. The minimum Gasteiger partial charge on any atom is -0.481 e. The van der Waals surface area contributed by atoms with E-state index in [1.165, 1.54) is 11.3 Å². The molecule has 0 bridgehead atoms. The number of hydrogen-bond donors (Lipinski definition) is 3. The zero-order valence-electron chi connectivity index (χ0n) is 13.9. The first-order chi connectivity index (χ1) is 12.6. The Morgan fingerprint density at radius 1 is 1.37 bits per heavy atom. The number of carboxylic acid groups (broad SMARTS) is 2. The smallest absolute Gasteiger partial charge is 0.481 e. The van der Waals surface area contributed by atoms with E-state index in [1.54, 1.807) is 4.90 Å². The average Bonchev–Trinajstić information content (AvgIpc) is 3.18. The van der Waals surface area contributed by atoms with Crippen LogP contribution in [0.1, 0.15) is 12.1 Å². The van der Waals surface area contributed by atoms with E-state index in [9.17, 15) is 22.8 Å².